The number of unbranched alkanes of at least 4 members (excludes halogenated alkanes) is 3. The van der Waals surface area contributed by atoms with E-state index in [4.69, 9.17) is 5.53 Å². The summed E-state index contributed by atoms with van der Waals surface area (Å²) < 4.78 is 0. The first-order chi connectivity index (χ1) is 6.85. The third kappa shape index (κ3) is 7.77. The number of nitrogens with zero attached hydrogens (tertiary/aromatic N) is 1. The Labute approximate surface area is 87.5 Å². The molecule has 0 radical (unpaired) electrons. The number of nitrogens with one attached hydrogen (secondary N) is 2. The lowest BCUT2D eigenvalue weighted by molar-refractivity contribution is 0.674. The molecule has 3 heteroatoms. The molecule has 0 amide bonds. The van der Waals surface area contributed by atoms with Crippen LogP contribution < -0.4 is 5.32 Å². The van der Waals surface area contributed by atoms with Gasteiger partial charge in [-0.3, -0.25) is 0 Å². The van der Waals surface area contributed by atoms with Gasteiger partial charge in [-0.05, 0) is 19.3 Å². The molecule has 0 saturated heterocycles. The number of hydrogen-bond acceptors (Lipinski definition) is 3. The maximum atomic E-state index is 6.97. The normalized spacial score (nSPS) is 11.4. The summed E-state index contributed by atoms with van der Waals surface area (Å²) in [7, 11) is 0. The van der Waals surface area contributed by atoms with Crippen molar-refractivity contribution >= 4 is 0 Å². The highest BCUT2D eigenvalue weighted by atomic mass is 15.0. The van der Waals surface area contributed by atoms with Crippen molar-refractivity contribution in [3.05, 3.63) is 11.9 Å². The van der Waals surface area contributed by atoms with Crippen molar-refractivity contribution in [2.45, 2.75) is 52.4 Å². The van der Waals surface area contributed by atoms with Crippen molar-refractivity contribution in [1.29, 1.82) is 5.53 Å². The van der Waals surface area contributed by atoms with Gasteiger partial charge < -0.3 is 5.32 Å². The van der Waals surface area contributed by atoms with E-state index in [1.165, 1.54) is 19.3 Å². The Morgan fingerprint density at radius 3 is 2.50 bits per heavy atom. The molecule has 0 spiro atoms. The molecule has 14 heavy (non-hydrogen) atoms. The highest BCUT2D eigenvalue weighted by molar-refractivity contribution is 4.96. The molecule has 0 aromatic carbocycles. The van der Waals surface area contributed by atoms with Crippen LogP contribution in [0.2, 0.25) is 0 Å². The van der Waals surface area contributed by atoms with Crippen LogP contribution in [0.1, 0.15) is 52.4 Å². The van der Waals surface area contributed by atoms with Gasteiger partial charge in [-0.1, -0.05) is 33.1 Å². The largest absolute Gasteiger partial charge is 0.389 e. The summed E-state index contributed by atoms with van der Waals surface area (Å²) in [5, 5.41) is 6.70. The Balaban J connectivity index is 3.53. The third-order valence-corrected chi connectivity index (χ3v) is 2.12. The van der Waals surface area contributed by atoms with Crippen molar-refractivity contribution < 1.29 is 0 Å². The molecule has 0 aromatic heterocycles. The molecule has 0 unspecified atom stereocenters. The second-order valence-electron chi connectivity index (χ2n) is 3.51. The minimum Gasteiger partial charge on any atom is -0.389 e. The molecule has 0 aliphatic rings. The van der Waals surface area contributed by atoms with E-state index in [9.17, 15) is 0 Å². The Morgan fingerprint density at radius 1 is 1.21 bits per heavy atom. The first-order valence-corrected chi connectivity index (χ1v) is 5.65. The van der Waals surface area contributed by atoms with E-state index in [-0.39, 0.29) is 0 Å². The van der Waals surface area contributed by atoms with Crippen molar-refractivity contribution in [1.82, 2.24) is 5.32 Å². The average Bonchev–Trinajstić information content (AvgIpc) is 2.22. The van der Waals surface area contributed by atoms with Crippen LogP contribution in [0, 0.1) is 5.53 Å². The number of hydrogen-bond donors (Lipinski definition) is 2. The smallest absolute Gasteiger partial charge is 0.0779 e. The van der Waals surface area contributed by atoms with Gasteiger partial charge in [0, 0.05) is 12.7 Å². The Morgan fingerprint density at radius 2 is 1.93 bits per heavy atom. The van der Waals surface area contributed by atoms with Gasteiger partial charge in [-0.25, -0.2) is 5.53 Å². The summed E-state index contributed by atoms with van der Waals surface area (Å²) in [6.07, 6.45) is 8.79. The van der Waals surface area contributed by atoms with Crippen molar-refractivity contribution in [3.8, 4) is 0 Å². The summed E-state index contributed by atoms with van der Waals surface area (Å²) in [5.74, 6) is 0. The lowest BCUT2D eigenvalue weighted by atomic mass is 10.2. The zero-order valence-electron chi connectivity index (χ0n) is 9.47. The van der Waals surface area contributed by atoms with Gasteiger partial charge in [0.05, 0.1) is 5.70 Å². The predicted molar refractivity (Wildman–Crippen MR) is 60.3 cm³/mol. The van der Waals surface area contributed by atoms with Gasteiger partial charge in [0.2, 0.25) is 0 Å². The molecule has 0 aliphatic carbocycles. The monoisotopic (exact) mass is 197 g/mol. The summed E-state index contributed by atoms with van der Waals surface area (Å²) >= 11 is 0. The fourth-order valence-corrected chi connectivity index (χ4v) is 1.19. The van der Waals surface area contributed by atoms with Gasteiger partial charge in [-0.15, -0.1) is 0 Å². The Bertz CT molecular complexity index is 164. The molecule has 0 saturated carbocycles. The number of allylic oxidation sites excluding steroid dienone is 1. The quantitative estimate of drug-likeness (QED) is 0.428. The second kappa shape index (κ2) is 10.2. The van der Waals surface area contributed by atoms with Gasteiger partial charge in [0.1, 0.15) is 0 Å². The summed E-state index contributed by atoms with van der Waals surface area (Å²) in [5.41, 5.74) is 7.84. The first kappa shape index (κ1) is 13.1. The molecule has 0 atom stereocenters. The summed E-state index contributed by atoms with van der Waals surface area (Å²) in [6.45, 7) is 5.34. The molecule has 0 bridgehead atoms. The van der Waals surface area contributed by atoms with Crippen LogP contribution in [0.4, 0.5) is 0 Å². The van der Waals surface area contributed by atoms with Crippen LogP contribution in [-0.4, -0.2) is 6.54 Å². The standard InChI is InChI=1S/C11H23N3/c1-3-5-7-9-13-10-11(14-12)8-6-4-2/h10,12-13H,3-9H2,1-2H3/b11-10-,14-12?. The fourth-order valence-electron chi connectivity index (χ4n) is 1.19. The number of rotatable bonds is 9. The van der Waals surface area contributed by atoms with E-state index in [2.05, 4.69) is 24.3 Å². The van der Waals surface area contributed by atoms with Gasteiger partial charge >= 0.3 is 0 Å². The SMILES string of the molecule is CCCCCN/C=C(/CCCC)N=N. The molecular formula is C11H23N3. The fraction of sp³-hybridized carbons (Fsp3) is 0.818. The van der Waals surface area contributed by atoms with Crippen molar-refractivity contribution in [3.63, 3.8) is 0 Å². The molecule has 2 N–H and O–H groups in total. The van der Waals surface area contributed by atoms with Crippen LogP contribution >= 0.6 is 0 Å². The molecule has 0 heterocycles. The predicted octanol–water partition coefficient (Wildman–Crippen LogP) is 3.83. The van der Waals surface area contributed by atoms with E-state index in [1.807, 2.05) is 6.20 Å². The van der Waals surface area contributed by atoms with Crippen LogP contribution in [0.25, 0.3) is 0 Å². The first-order valence-electron chi connectivity index (χ1n) is 5.65. The Hall–Kier alpha value is -0.860. The molecule has 0 aromatic rings. The molecule has 0 fully saturated rings. The second-order valence-corrected chi connectivity index (χ2v) is 3.51. The van der Waals surface area contributed by atoms with Gasteiger partial charge in [0.15, 0.2) is 0 Å². The Kier molecular flexibility index (Phi) is 9.59. The minimum absolute atomic E-state index is 0.864. The summed E-state index contributed by atoms with van der Waals surface area (Å²) in [6, 6.07) is 0. The van der Waals surface area contributed by atoms with Crippen molar-refractivity contribution in [2.75, 3.05) is 6.54 Å². The average molecular weight is 197 g/mol. The maximum Gasteiger partial charge on any atom is 0.0779 e. The zero-order valence-corrected chi connectivity index (χ0v) is 9.47. The van der Waals surface area contributed by atoms with E-state index in [0.717, 1.165) is 31.5 Å². The van der Waals surface area contributed by atoms with Crippen molar-refractivity contribution in [2.24, 2.45) is 5.11 Å². The minimum atomic E-state index is 0.864. The van der Waals surface area contributed by atoms with E-state index in [0.29, 0.717) is 0 Å². The van der Waals surface area contributed by atoms with Gasteiger partial charge in [0.25, 0.3) is 0 Å². The molecule has 0 rings (SSSR count). The highest BCUT2D eigenvalue weighted by Crippen LogP contribution is 2.06. The van der Waals surface area contributed by atoms with E-state index >= 15 is 0 Å². The maximum absolute atomic E-state index is 6.97. The molecule has 82 valence electrons. The lowest BCUT2D eigenvalue weighted by Gasteiger charge is -2.02. The topological polar surface area (TPSA) is 48.2 Å². The van der Waals surface area contributed by atoms with Gasteiger partial charge in [-0.2, -0.15) is 5.11 Å². The van der Waals surface area contributed by atoms with Crippen LogP contribution in [0.5, 0.6) is 0 Å². The van der Waals surface area contributed by atoms with E-state index in [1.54, 1.807) is 0 Å². The zero-order chi connectivity index (χ0) is 10.6. The van der Waals surface area contributed by atoms with Crippen LogP contribution in [0.3, 0.4) is 0 Å². The van der Waals surface area contributed by atoms with Crippen LogP contribution in [-0.2, 0) is 0 Å². The van der Waals surface area contributed by atoms with Crippen LogP contribution in [0.15, 0.2) is 17.0 Å². The lowest BCUT2D eigenvalue weighted by Crippen LogP contribution is -2.07. The molecular weight excluding hydrogens is 174 g/mol. The highest BCUT2D eigenvalue weighted by Gasteiger charge is 1.93. The van der Waals surface area contributed by atoms with E-state index < -0.39 is 0 Å². The molecule has 0 aliphatic heterocycles. The molecule has 3 nitrogen and oxygen atoms in total. The summed E-state index contributed by atoms with van der Waals surface area (Å²) in [4.78, 5) is 0. The third-order valence-electron chi connectivity index (χ3n) is 2.12.